The third-order valence-electron chi connectivity index (χ3n) is 15.1. The summed E-state index contributed by atoms with van der Waals surface area (Å²) in [6, 6.07) is 29.3. The molecule has 0 spiro atoms. The molecule has 3 aliphatic rings. The Bertz CT molecular complexity index is 3000. The van der Waals surface area contributed by atoms with Crippen LogP contribution in [-0.2, 0) is 68.8 Å². The molecule has 12 nitrogen and oxygen atoms in total. The summed E-state index contributed by atoms with van der Waals surface area (Å²) in [5.41, 5.74) is 13.0. The fourth-order valence-electron chi connectivity index (χ4n) is 9.95. The molecule has 0 unspecified atom stereocenters. The summed E-state index contributed by atoms with van der Waals surface area (Å²) in [4.78, 5) is 43.0. The molecule has 6 heterocycles. The maximum atomic E-state index is 5.02. The van der Waals surface area contributed by atoms with Gasteiger partial charge in [0.25, 0.3) is 0 Å². The number of nitrogens with zero attached hydrogens (tertiary/aromatic N) is 12. The van der Waals surface area contributed by atoms with E-state index in [1.807, 2.05) is 18.2 Å². The number of rotatable bonds is 3. The summed E-state index contributed by atoms with van der Waals surface area (Å²) in [5, 5.41) is 0. The van der Waals surface area contributed by atoms with E-state index in [0.29, 0.717) is 0 Å². The molecule has 0 aliphatic carbocycles. The van der Waals surface area contributed by atoms with E-state index in [2.05, 4.69) is 312 Å². The second-order valence-electron chi connectivity index (χ2n) is 32.6. The van der Waals surface area contributed by atoms with Gasteiger partial charge < -0.3 is 29.4 Å². The van der Waals surface area contributed by atoms with Crippen LogP contribution in [0.3, 0.4) is 0 Å². The van der Waals surface area contributed by atoms with Gasteiger partial charge in [-0.3, -0.25) is 0 Å². The molecule has 465 valence electrons. The van der Waals surface area contributed by atoms with Crippen LogP contribution in [0.15, 0.2) is 54.6 Å². The first-order valence-corrected chi connectivity index (χ1v) is 30.1. The van der Waals surface area contributed by atoms with Gasteiger partial charge in [-0.05, 0) is 37.4 Å². The average molecular weight is 1330 g/mol. The first-order valence-electron chi connectivity index (χ1n) is 30.1. The van der Waals surface area contributed by atoms with Crippen LogP contribution in [0.25, 0.3) is 0 Å². The molecular formula is C72H102IrN12-6. The third kappa shape index (κ3) is 15.0. The standard InChI is InChI=1S/3C24H34N4.Ir/c3*1-22(2,3)16-12-11-13-17(14-16)28-15-27(10)18-19(23(4,5)6)25-21(24(7,8)9)26-20(18)28;/h3*11-12,14-15H,1-10H3;/q3*-2;. The number of hydrogen-bond donors (Lipinski definition) is 0. The molecule has 9 rings (SSSR count). The molecule has 0 saturated carbocycles. The van der Waals surface area contributed by atoms with Gasteiger partial charge in [-0.1, -0.05) is 187 Å². The van der Waals surface area contributed by atoms with Crippen molar-refractivity contribution in [3.63, 3.8) is 0 Å². The van der Waals surface area contributed by atoms with E-state index in [0.717, 1.165) is 86.1 Å². The third-order valence-corrected chi connectivity index (χ3v) is 15.1. The van der Waals surface area contributed by atoms with Crippen molar-refractivity contribution in [2.24, 2.45) is 0 Å². The molecule has 3 aromatic heterocycles. The van der Waals surface area contributed by atoms with E-state index in [9.17, 15) is 0 Å². The van der Waals surface area contributed by atoms with Crippen molar-refractivity contribution in [3.05, 3.63) is 144 Å². The van der Waals surface area contributed by atoms with E-state index in [1.165, 1.54) is 16.7 Å². The number of hydrogen-bond acceptors (Lipinski definition) is 12. The van der Waals surface area contributed by atoms with Crippen molar-refractivity contribution in [2.75, 3.05) is 50.5 Å². The van der Waals surface area contributed by atoms with E-state index < -0.39 is 0 Å². The van der Waals surface area contributed by atoms with Gasteiger partial charge >= 0.3 is 0 Å². The van der Waals surface area contributed by atoms with Crippen molar-refractivity contribution in [1.29, 1.82) is 0 Å². The molecule has 3 aliphatic heterocycles. The van der Waals surface area contributed by atoms with Crippen molar-refractivity contribution in [1.82, 2.24) is 29.9 Å². The first kappa shape index (κ1) is 68.5. The number of fused-ring (bicyclic) bond motifs is 3. The van der Waals surface area contributed by atoms with Crippen LogP contribution < -0.4 is 29.4 Å². The van der Waals surface area contributed by atoms with E-state index >= 15 is 0 Å². The van der Waals surface area contributed by atoms with Crippen LogP contribution in [0.2, 0.25) is 0 Å². The Balaban J connectivity index is 0.000000203. The number of anilines is 9. The molecule has 6 aromatic rings. The molecule has 0 fully saturated rings. The van der Waals surface area contributed by atoms with Crippen LogP contribution in [-0.4, -0.2) is 51.0 Å². The van der Waals surface area contributed by atoms with Crippen LogP contribution in [0.5, 0.6) is 0 Å². The summed E-state index contributed by atoms with van der Waals surface area (Å²) >= 11 is 0. The normalized spacial score (nSPS) is 15.0. The topological polar surface area (TPSA) is 96.8 Å². The number of benzene rings is 3. The monoisotopic (exact) mass is 1330 g/mol. The Kier molecular flexibility index (Phi) is 18.9. The van der Waals surface area contributed by atoms with Crippen LogP contribution >= 0.6 is 0 Å². The van der Waals surface area contributed by atoms with Gasteiger partial charge in [0.05, 0.1) is 34.1 Å². The van der Waals surface area contributed by atoms with Crippen LogP contribution in [0.1, 0.15) is 238 Å². The maximum absolute atomic E-state index is 5.02. The van der Waals surface area contributed by atoms with Gasteiger partial charge in [0.2, 0.25) is 0 Å². The van der Waals surface area contributed by atoms with Gasteiger partial charge in [0.1, 0.15) is 34.9 Å². The first-order chi connectivity index (χ1) is 38.1. The van der Waals surface area contributed by atoms with E-state index in [-0.39, 0.29) is 68.8 Å². The minimum Gasteiger partial charge on any atom is -0.501 e. The van der Waals surface area contributed by atoms with Gasteiger partial charge in [0.15, 0.2) is 0 Å². The second-order valence-corrected chi connectivity index (χ2v) is 32.6. The smallest absolute Gasteiger partial charge is 0.136 e. The Morgan fingerprint density at radius 2 is 0.518 bits per heavy atom. The minimum absolute atomic E-state index is 0. The molecule has 0 bridgehead atoms. The SMILES string of the molecule is CN1[CH-]N(c2[c-]ccc(C(C)(C)C)c2)c2nc(C(C)(C)C)nc(C(C)(C)C)c21.CN1[CH-]N(c2[c-]ccc(C(C)(C)C)c2)c2nc(C(C)(C)C)nc(C(C)(C)C)c21.CN1[CH-]N(c2[c-]ccc(C(C)(C)C)c2)c2nc(C(C)(C)C)nc(C(C)(C)C)c21.[Ir]. The predicted octanol–water partition coefficient (Wildman–Crippen LogP) is 17.6. The average Bonchev–Trinajstić information content (AvgIpc) is 1.77. The molecule has 0 saturated heterocycles. The van der Waals surface area contributed by atoms with Crippen LogP contribution in [0, 0.1) is 38.2 Å². The Hall–Kier alpha value is -5.65. The Morgan fingerprint density at radius 3 is 0.694 bits per heavy atom. The molecule has 85 heavy (non-hydrogen) atoms. The summed E-state index contributed by atoms with van der Waals surface area (Å²) in [6.07, 6.45) is 0. The fourth-order valence-corrected chi connectivity index (χ4v) is 9.95. The van der Waals surface area contributed by atoms with Crippen LogP contribution in [0.4, 0.5) is 51.6 Å². The molecular weight excluding hydrogens is 1230 g/mol. The maximum Gasteiger partial charge on any atom is 0.136 e. The van der Waals surface area contributed by atoms with Gasteiger partial charge in [-0.2, -0.15) is 91.3 Å². The predicted molar refractivity (Wildman–Crippen MR) is 355 cm³/mol. The zero-order valence-electron chi connectivity index (χ0n) is 57.6. The Labute approximate surface area is 528 Å². The van der Waals surface area contributed by atoms with Crippen molar-refractivity contribution in [3.8, 4) is 0 Å². The molecule has 1 radical (unpaired) electrons. The van der Waals surface area contributed by atoms with Gasteiger partial charge in [-0.15, -0.1) is 35.3 Å². The summed E-state index contributed by atoms with van der Waals surface area (Å²) in [7, 11) is 6.21. The zero-order valence-corrected chi connectivity index (χ0v) is 60.0. The molecule has 0 amide bonds. The summed E-state index contributed by atoms with van der Waals surface area (Å²) in [6.45, 7) is 65.8. The quantitative estimate of drug-likeness (QED) is 0.158. The van der Waals surface area contributed by atoms with Crippen molar-refractivity contribution < 1.29 is 20.1 Å². The molecule has 3 aromatic carbocycles. The molecule has 0 atom stereocenters. The second kappa shape index (κ2) is 23.5. The van der Waals surface area contributed by atoms with E-state index in [1.54, 1.807) is 0 Å². The van der Waals surface area contributed by atoms with E-state index in [4.69, 9.17) is 29.9 Å². The van der Waals surface area contributed by atoms with Crippen molar-refractivity contribution >= 4 is 51.6 Å². The number of aromatic nitrogens is 6. The minimum atomic E-state index is -0.126. The van der Waals surface area contributed by atoms with Gasteiger partial charge in [0, 0.05) is 52.6 Å². The summed E-state index contributed by atoms with van der Waals surface area (Å²) < 4.78 is 0. The van der Waals surface area contributed by atoms with Crippen molar-refractivity contribution in [2.45, 2.75) is 236 Å². The fraction of sp³-hybridized carbons (Fsp3) is 0.542. The summed E-state index contributed by atoms with van der Waals surface area (Å²) in [5.74, 6) is 5.43. The molecule has 0 N–H and O–H groups in total. The molecule has 13 heteroatoms. The zero-order chi connectivity index (χ0) is 63.2. The Morgan fingerprint density at radius 1 is 0.306 bits per heavy atom. The largest absolute Gasteiger partial charge is 0.501 e. The van der Waals surface area contributed by atoms with Gasteiger partial charge in [-0.25, -0.2) is 29.9 Å².